The van der Waals surface area contributed by atoms with Gasteiger partial charge in [-0.1, -0.05) is 55.3 Å². The maximum atomic E-state index is 13.9. The number of nitrogens with zero attached hydrogens (tertiary/aromatic N) is 3. The Morgan fingerprint density at radius 3 is 2.14 bits per heavy atom. The van der Waals surface area contributed by atoms with Gasteiger partial charge in [0.2, 0.25) is 0 Å². The molecule has 0 bridgehead atoms. The van der Waals surface area contributed by atoms with Gasteiger partial charge in [0.05, 0.1) is 24.8 Å². The largest absolute Gasteiger partial charge is 0.497 e. The average molecular weight is 492 g/mol. The van der Waals surface area contributed by atoms with Gasteiger partial charge in [0.15, 0.2) is 0 Å². The zero-order chi connectivity index (χ0) is 25.4. The molecule has 6 heteroatoms. The van der Waals surface area contributed by atoms with Gasteiger partial charge in [-0.3, -0.25) is 4.90 Å². The first-order chi connectivity index (χ1) is 17.3. The normalized spacial score (nSPS) is 27.9. The molecule has 2 aromatic carbocycles. The molecule has 5 rings (SSSR count). The molecule has 0 unspecified atom stereocenters. The molecular weight excluding hydrogens is 450 g/mol. The van der Waals surface area contributed by atoms with Gasteiger partial charge in [-0.05, 0) is 75.9 Å². The van der Waals surface area contributed by atoms with Crippen LogP contribution in [0, 0.1) is 0 Å². The Hall–Kier alpha value is -2.57. The fraction of sp³-hybridized carbons (Fsp3) is 0.567. The Morgan fingerprint density at radius 1 is 0.917 bits per heavy atom. The smallest absolute Gasteiger partial charge is 0.321 e. The molecule has 36 heavy (non-hydrogen) atoms. The van der Waals surface area contributed by atoms with Crippen LogP contribution < -0.4 is 4.74 Å². The van der Waals surface area contributed by atoms with Crippen molar-refractivity contribution in [1.82, 2.24) is 14.7 Å². The summed E-state index contributed by atoms with van der Waals surface area (Å²) in [5, 5.41) is 11.4. The number of aliphatic hydroxyl groups is 1. The van der Waals surface area contributed by atoms with Crippen LogP contribution in [0.3, 0.4) is 0 Å². The minimum atomic E-state index is -0.756. The first-order valence-electron chi connectivity index (χ1n) is 13.4. The van der Waals surface area contributed by atoms with E-state index in [1.54, 1.807) is 7.11 Å². The van der Waals surface area contributed by atoms with Crippen molar-refractivity contribution in [3.05, 3.63) is 65.7 Å². The molecule has 2 aliphatic carbocycles. The van der Waals surface area contributed by atoms with Crippen LogP contribution in [0.25, 0.3) is 0 Å². The van der Waals surface area contributed by atoms with Gasteiger partial charge in [0.25, 0.3) is 0 Å². The topological polar surface area (TPSA) is 56.3 Å². The predicted molar refractivity (Wildman–Crippen MR) is 142 cm³/mol. The molecule has 194 valence electrons. The van der Waals surface area contributed by atoms with E-state index in [-0.39, 0.29) is 17.1 Å². The summed E-state index contributed by atoms with van der Waals surface area (Å²) in [5.41, 5.74) is 1.42. The number of carbonyl (C=O) groups excluding carboxylic acids is 1. The Labute approximate surface area is 215 Å². The van der Waals surface area contributed by atoms with Crippen LogP contribution in [0.5, 0.6) is 5.75 Å². The maximum absolute atomic E-state index is 13.9. The zero-order valence-electron chi connectivity index (χ0n) is 22.1. The van der Waals surface area contributed by atoms with Crippen LogP contribution >= 0.6 is 0 Å². The highest BCUT2D eigenvalue weighted by atomic mass is 16.5. The maximum Gasteiger partial charge on any atom is 0.321 e. The van der Waals surface area contributed by atoms with E-state index in [0.29, 0.717) is 19.6 Å². The van der Waals surface area contributed by atoms with Crippen molar-refractivity contribution in [2.45, 2.75) is 74.6 Å². The second-order valence-electron chi connectivity index (χ2n) is 11.5. The molecule has 3 fully saturated rings. The van der Waals surface area contributed by atoms with Crippen molar-refractivity contribution in [3.8, 4) is 5.75 Å². The first kappa shape index (κ1) is 25.1. The summed E-state index contributed by atoms with van der Waals surface area (Å²) in [5.74, 6) is 0.821. The second kappa shape index (κ2) is 9.71. The van der Waals surface area contributed by atoms with Crippen LogP contribution in [-0.4, -0.2) is 71.3 Å². The minimum Gasteiger partial charge on any atom is -0.497 e. The summed E-state index contributed by atoms with van der Waals surface area (Å²) in [4.78, 5) is 20.4. The minimum absolute atomic E-state index is 0.0328. The third-order valence-electron chi connectivity index (χ3n) is 9.25. The number of urea groups is 1. The summed E-state index contributed by atoms with van der Waals surface area (Å²) in [6, 6.07) is 18.9. The second-order valence-corrected chi connectivity index (χ2v) is 11.5. The lowest BCUT2D eigenvalue weighted by Gasteiger charge is -2.51. The molecule has 1 N–H and O–H groups in total. The van der Waals surface area contributed by atoms with E-state index in [4.69, 9.17) is 4.74 Å². The highest BCUT2D eigenvalue weighted by molar-refractivity contribution is 5.78. The van der Waals surface area contributed by atoms with Crippen LogP contribution in [0.1, 0.15) is 62.5 Å². The first-order valence-corrected chi connectivity index (χ1v) is 13.4. The van der Waals surface area contributed by atoms with Gasteiger partial charge in [-0.2, -0.15) is 0 Å². The van der Waals surface area contributed by atoms with Crippen molar-refractivity contribution >= 4 is 6.03 Å². The summed E-state index contributed by atoms with van der Waals surface area (Å²) in [6.45, 7) is 1.74. The Kier molecular flexibility index (Phi) is 6.77. The molecule has 0 aromatic heterocycles. The quantitative estimate of drug-likeness (QED) is 0.592. The van der Waals surface area contributed by atoms with Crippen LogP contribution in [0.15, 0.2) is 54.6 Å². The summed E-state index contributed by atoms with van der Waals surface area (Å²) in [7, 11) is 6.03. The van der Waals surface area contributed by atoms with Gasteiger partial charge in [0, 0.05) is 18.6 Å². The number of β-amino-alcohol motifs (C(OH)–C–C–N with tert-alkyl or cyclic N) is 1. The number of hydrogen-bond acceptors (Lipinski definition) is 4. The highest BCUT2D eigenvalue weighted by Crippen LogP contribution is 2.50. The van der Waals surface area contributed by atoms with E-state index in [0.717, 1.165) is 62.7 Å². The molecule has 6 nitrogen and oxygen atoms in total. The zero-order valence-corrected chi connectivity index (χ0v) is 22.1. The lowest BCUT2D eigenvalue weighted by molar-refractivity contribution is -0.0259. The summed E-state index contributed by atoms with van der Waals surface area (Å²) >= 11 is 0. The SMILES string of the molecule is COc1ccc(CN2C[C@]3(CC[C@@](c4ccccc4)(N(C)C)CC3)N(CC3(O)CCCC3)C2=O)cc1. The monoisotopic (exact) mass is 491 g/mol. The van der Waals surface area contributed by atoms with Crippen molar-refractivity contribution < 1.29 is 14.6 Å². The molecule has 2 aromatic rings. The molecule has 1 spiro atoms. The van der Waals surface area contributed by atoms with E-state index in [1.807, 2.05) is 29.2 Å². The number of hydrogen-bond donors (Lipinski definition) is 1. The van der Waals surface area contributed by atoms with Crippen LogP contribution in [0.4, 0.5) is 4.79 Å². The van der Waals surface area contributed by atoms with E-state index in [9.17, 15) is 9.90 Å². The average Bonchev–Trinajstić information content (AvgIpc) is 3.43. The van der Waals surface area contributed by atoms with Crippen LogP contribution in [0.2, 0.25) is 0 Å². The number of carbonyl (C=O) groups is 1. The predicted octanol–water partition coefficient (Wildman–Crippen LogP) is 5.01. The highest BCUT2D eigenvalue weighted by Gasteiger charge is 2.56. The van der Waals surface area contributed by atoms with Gasteiger partial charge in [-0.15, -0.1) is 0 Å². The van der Waals surface area contributed by atoms with Gasteiger partial charge < -0.3 is 19.6 Å². The number of benzene rings is 2. The van der Waals surface area contributed by atoms with Crippen LogP contribution in [-0.2, 0) is 12.1 Å². The molecule has 3 aliphatic rings. The molecule has 1 heterocycles. The molecule has 1 saturated heterocycles. The molecule has 0 atom stereocenters. The summed E-state index contributed by atoms with van der Waals surface area (Å²) in [6.07, 6.45) is 7.50. The van der Waals surface area contributed by atoms with E-state index in [1.165, 1.54) is 5.56 Å². The Morgan fingerprint density at radius 2 is 1.56 bits per heavy atom. The molecule has 2 amide bonds. The molecular formula is C30H41N3O3. The van der Waals surface area contributed by atoms with Crippen molar-refractivity contribution in [2.24, 2.45) is 0 Å². The standard InChI is InChI=1S/C30H41N3O3/c1-31(2)30(25-9-5-4-6-10-25)19-17-28(18-20-30)22-32(21-24-11-13-26(36-3)14-12-24)27(34)33(28)23-29(35)15-7-8-16-29/h4-6,9-14,35H,7-8,15-23H2,1-3H3/t28-,30-. The van der Waals surface area contributed by atoms with E-state index < -0.39 is 5.60 Å². The molecule has 0 radical (unpaired) electrons. The van der Waals surface area contributed by atoms with Crippen molar-refractivity contribution in [3.63, 3.8) is 0 Å². The third kappa shape index (κ3) is 4.50. The molecule has 1 aliphatic heterocycles. The number of amides is 2. The molecule has 2 saturated carbocycles. The van der Waals surface area contributed by atoms with Crippen molar-refractivity contribution in [2.75, 3.05) is 34.3 Å². The van der Waals surface area contributed by atoms with Gasteiger partial charge in [-0.25, -0.2) is 4.79 Å². The number of ether oxygens (including phenoxy) is 1. The lowest BCUT2D eigenvalue weighted by Crippen LogP contribution is -2.58. The van der Waals surface area contributed by atoms with Gasteiger partial charge >= 0.3 is 6.03 Å². The fourth-order valence-corrected chi connectivity index (χ4v) is 6.98. The van der Waals surface area contributed by atoms with E-state index in [2.05, 4.69) is 54.2 Å². The third-order valence-corrected chi connectivity index (χ3v) is 9.25. The Bertz CT molecular complexity index is 1040. The van der Waals surface area contributed by atoms with Crippen molar-refractivity contribution in [1.29, 1.82) is 0 Å². The van der Waals surface area contributed by atoms with Gasteiger partial charge in [0.1, 0.15) is 5.75 Å². The summed E-state index contributed by atoms with van der Waals surface area (Å²) < 4.78 is 5.31. The lowest BCUT2D eigenvalue weighted by atomic mass is 9.68. The van der Waals surface area contributed by atoms with E-state index >= 15 is 0 Å². The number of methoxy groups -OCH3 is 1. The fourth-order valence-electron chi connectivity index (χ4n) is 6.98. The Balaban J connectivity index is 1.42. The number of rotatable bonds is 7.